The summed E-state index contributed by atoms with van der Waals surface area (Å²) in [5, 5.41) is 0. The monoisotopic (exact) mass is 265 g/mol. The number of hydrogen-bond acceptors (Lipinski definition) is 2. The van der Waals surface area contributed by atoms with E-state index in [1.54, 1.807) is 0 Å². The van der Waals surface area contributed by atoms with Gasteiger partial charge in [-0.1, -0.05) is 0 Å². The Balaban J connectivity index is 2.81. The molecule has 0 aliphatic carbocycles. The molecule has 54 valence electrons. The van der Waals surface area contributed by atoms with Crippen LogP contribution in [0.2, 0.25) is 0 Å². The highest BCUT2D eigenvalue weighted by Crippen LogP contribution is 2.14. The number of nitrogens with zero attached hydrogens (tertiary/aromatic N) is 1. The first-order chi connectivity index (χ1) is 4.84. The second kappa shape index (κ2) is 4.18. The van der Waals surface area contributed by atoms with Gasteiger partial charge in [0.25, 0.3) is 0 Å². The van der Waals surface area contributed by atoms with Gasteiger partial charge in [-0.25, -0.2) is 0 Å². The van der Waals surface area contributed by atoms with Gasteiger partial charge in [0.2, 0.25) is 0 Å². The first kappa shape index (κ1) is 8.33. The Hall–Kier alpha value is 0.230. The molecule has 0 saturated heterocycles. The molecule has 0 atom stereocenters. The Bertz CT molecular complexity index is 215. The molecule has 0 spiro atoms. The molecule has 1 aromatic heterocycles. The van der Waals surface area contributed by atoms with Crippen LogP contribution in [0, 0.1) is 3.57 Å². The summed E-state index contributed by atoms with van der Waals surface area (Å²) in [5.41, 5.74) is 1.33. The van der Waals surface area contributed by atoms with Gasteiger partial charge in [-0.2, -0.15) is 11.8 Å². The Labute approximate surface area is 78.8 Å². The minimum Gasteiger partial charge on any atom is -0.264 e. The first-order valence-electron chi connectivity index (χ1n) is 2.92. The summed E-state index contributed by atoms with van der Waals surface area (Å²) >= 11 is 4.15. The minimum atomic E-state index is 1.06. The molecule has 1 heterocycles. The molecule has 1 aromatic rings. The van der Waals surface area contributed by atoms with Crippen molar-refractivity contribution in [2.75, 3.05) is 6.26 Å². The molecular formula is C7H8INS. The lowest BCUT2D eigenvalue weighted by Crippen LogP contribution is -1.85. The standard InChI is InChI=1S/C7H8INS/c1-10-5-6-4-9-3-2-7(6)8/h2-4H,5H2,1H3. The fourth-order valence-corrected chi connectivity index (χ4v) is 1.96. The van der Waals surface area contributed by atoms with Crippen LogP contribution in [0.5, 0.6) is 0 Å². The lowest BCUT2D eigenvalue weighted by atomic mass is 10.3. The van der Waals surface area contributed by atoms with E-state index in [-0.39, 0.29) is 0 Å². The third-order valence-electron chi connectivity index (χ3n) is 1.14. The quantitative estimate of drug-likeness (QED) is 0.762. The molecule has 1 rings (SSSR count). The van der Waals surface area contributed by atoms with E-state index in [0.717, 1.165) is 5.75 Å². The maximum absolute atomic E-state index is 4.05. The number of thioether (sulfide) groups is 1. The van der Waals surface area contributed by atoms with Crippen LogP contribution < -0.4 is 0 Å². The molecule has 10 heavy (non-hydrogen) atoms. The molecule has 0 fully saturated rings. The van der Waals surface area contributed by atoms with Gasteiger partial charge in [0, 0.05) is 21.7 Å². The zero-order valence-electron chi connectivity index (χ0n) is 5.67. The van der Waals surface area contributed by atoms with Gasteiger partial charge < -0.3 is 0 Å². The van der Waals surface area contributed by atoms with E-state index >= 15 is 0 Å². The number of pyridine rings is 1. The third kappa shape index (κ3) is 2.12. The van der Waals surface area contributed by atoms with Crippen molar-refractivity contribution in [3.63, 3.8) is 0 Å². The molecule has 0 amide bonds. The average Bonchev–Trinajstić information content (AvgIpc) is 1.94. The van der Waals surface area contributed by atoms with E-state index in [1.165, 1.54) is 9.13 Å². The van der Waals surface area contributed by atoms with Crippen molar-refractivity contribution in [2.45, 2.75) is 5.75 Å². The third-order valence-corrected chi connectivity index (χ3v) is 2.80. The summed E-state index contributed by atoms with van der Waals surface area (Å²) in [7, 11) is 0. The van der Waals surface area contributed by atoms with Crippen LogP contribution in [0.3, 0.4) is 0 Å². The van der Waals surface area contributed by atoms with Crippen LogP contribution in [0.4, 0.5) is 0 Å². The molecule has 0 aliphatic rings. The summed E-state index contributed by atoms with van der Waals surface area (Å²) in [4.78, 5) is 4.05. The Morgan fingerprint density at radius 2 is 2.50 bits per heavy atom. The van der Waals surface area contributed by atoms with E-state index in [9.17, 15) is 0 Å². The molecule has 1 nitrogen and oxygen atoms in total. The fraction of sp³-hybridized carbons (Fsp3) is 0.286. The maximum atomic E-state index is 4.05. The summed E-state index contributed by atoms with van der Waals surface area (Å²) in [6, 6.07) is 2.03. The van der Waals surface area contributed by atoms with Gasteiger partial charge in [-0.3, -0.25) is 4.98 Å². The van der Waals surface area contributed by atoms with Crippen LogP contribution >= 0.6 is 34.4 Å². The molecule has 0 N–H and O–H groups in total. The second-order valence-electron chi connectivity index (χ2n) is 1.90. The van der Waals surface area contributed by atoms with E-state index in [0.29, 0.717) is 0 Å². The van der Waals surface area contributed by atoms with Gasteiger partial charge in [-0.15, -0.1) is 0 Å². The van der Waals surface area contributed by atoms with E-state index in [1.807, 2.05) is 30.2 Å². The molecule has 0 radical (unpaired) electrons. The minimum absolute atomic E-state index is 1.06. The molecule has 0 saturated carbocycles. The highest BCUT2D eigenvalue weighted by Gasteiger charge is 1.95. The highest BCUT2D eigenvalue weighted by molar-refractivity contribution is 14.1. The lowest BCUT2D eigenvalue weighted by molar-refractivity contribution is 1.23. The van der Waals surface area contributed by atoms with Gasteiger partial charge in [0.05, 0.1) is 0 Å². The van der Waals surface area contributed by atoms with Crippen molar-refractivity contribution >= 4 is 34.4 Å². The number of hydrogen-bond donors (Lipinski definition) is 0. The predicted molar refractivity (Wildman–Crippen MR) is 54.2 cm³/mol. The van der Waals surface area contributed by atoms with E-state index in [2.05, 4.69) is 33.8 Å². The van der Waals surface area contributed by atoms with Gasteiger partial charge in [0.15, 0.2) is 0 Å². The summed E-state index contributed by atoms with van der Waals surface area (Å²) in [5.74, 6) is 1.06. The van der Waals surface area contributed by atoms with Crippen molar-refractivity contribution < 1.29 is 0 Å². The molecular weight excluding hydrogens is 257 g/mol. The van der Waals surface area contributed by atoms with Crippen molar-refractivity contribution in [1.29, 1.82) is 0 Å². The summed E-state index contributed by atoms with van der Waals surface area (Å²) in [6.07, 6.45) is 5.85. The van der Waals surface area contributed by atoms with E-state index < -0.39 is 0 Å². The fourth-order valence-electron chi connectivity index (χ4n) is 0.672. The molecule has 3 heteroatoms. The zero-order chi connectivity index (χ0) is 7.40. The first-order valence-corrected chi connectivity index (χ1v) is 5.39. The average molecular weight is 265 g/mol. The maximum Gasteiger partial charge on any atom is 0.0318 e. The van der Waals surface area contributed by atoms with Crippen molar-refractivity contribution in [3.8, 4) is 0 Å². The number of halogens is 1. The Morgan fingerprint density at radius 3 is 3.10 bits per heavy atom. The van der Waals surface area contributed by atoms with Crippen LogP contribution in [-0.2, 0) is 5.75 Å². The van der Waals surface area contributed by atoms with Crippen LogP contribution in [0.25, 0.3) is 0 Å². The van der Waals surface area contributed by atoms with Crippen molar-refractivity contribution in [1.82, 2.24) is 4.98 Å². The Morgan fingerprint density at radius 1 is 1.70 bits per heavy atom. The predicted octanol–water partition coefficient (Wildman–Crippen LogP) is 2.55. The highest BCUT2D eigenvalue weighted by atomic mass is 127. The van der Waals surface area contributed by atoms with Gasteiger partial charge in [-0.05, 0) is 40.5 Å². The van der Waals surface area contributed by atoms with Crippen molar-refractivity contribution in [2.24, 2.45) is 0 Å². The summed E-state index contributed by atoms with van der Waals surface area (Å²) < 4.78 is 1.31. The molecule has 0 unspecified atom stereocenters. The zero-order valence-corrected chi connectivity index (χ0v) is 8.65. The number of rotatable bonds is 2. The summed E-state index contributed by atoms with van der Waals surface area (Å²) in [6.45, 7) is 0. The van der Waals surface area contributed by atoms with Gasteiger partial charge >= 0.3 is 0 Å². The molecule has 0 aliphatic heterocycles. The molecule has 0 aromatic carbocycles. The Kier molecular flexibility index (Phi) is 3.48. The van der Waals surface area contributed by atoms with Crippen LogP contribution in [-0.4, -0.2) is 11.2 Å². The van der Waals surface area contributed by atoms with Crippen LogP contribution in [0.15, 0.2) is 18.5 Å². The lowest BCUT2D eigenvalue weighted by Gasteiger charge is -1.98. The van der Waals surface area contributed by atoms with Gasteiger partial charge in [0.1, 0.15) is 0 Å². The van der Waals surface area contributed by atoms with E-state index in [4.69, 9.17) is 0 Å². The largest absolute Gasteiger partial charge is 0.264 e. The van der Waals surface area contributed by atoms with Crippen molar-refractivity contribution in [3.05, 3.63) is 27.6 Å². The topological polar surface area (TPSA) is 12.9 Å². The second-order valence-corrected chi connectivity index (χ2v) is 3.93. The van der Waals surface area contributed by atoms with Crippen LogP contribution in [0.1, 0.15) is 5.56 Å². The SMILES string of the molecule is CSCc1cnccc1I. The smallest absolute Gasteiger partial charge is 0.0318 e. The molecule has 0 bridgehead atoms. The number of aromatic nitrogens is 1. The normalized spacial score (nSPS) is 9.80.